The summed E-state index contributed by atoms with van der Waals surface area (Å²) in [6.07, 6.45) is 0. The van der Waals surface area contributed by atoms with Gasteiger partial charge in [-0.25, -0.2) is 0 Å². The molecule has 0 atom stereocenters. The summed E-state index contributed by atoms with van der Waals surface area (Å²) >= 11 is 0. The predicted molar refractivity (Wildman–Crippen MR) is 241 cm³/mol. The molecule has 4 heteroatoms. The summed E-state index contributed by atoms with van der Waals surface area (Å²) in [5, 5.41) is 6.82. The summed E-state index contributed by atoms with van der Waals surface area (Å²) in [7, 11) is 0. The van der Waals surface area contributed by atoms with Crippen molar-refractivity contribution in [1.29, 1.82) is 0 Å². The Morgan fingerprint density at radius 3 is 1.36 bits per heavy atom. The lowest BCUT2D eigenvalue weighted by atomic mass is 9.93. The van der Waals surface area contributed by atoms with E-state index in [9.17, 15) is 0 Å². The lowest BCUT2D eigenvalue weighted by Crippen LogP contribution is -2.10. The van der Waals surface area contributed by atoms with Crippen molar-refractivity contribution in [3.05, 3.63) is 206 Å². The van der Waals surface area contributed by atoms with Gasteiger partial charge in [-0.15, -0.1) is 0 Å². The van der Waals surface area contributed by atoms with Crippen LogP contribution < -0.4 is 4.90 Å². The summed E-state index contributed by atoms with van der Waals surface area (Å²) in [5.41, 5.74) is 14.4. The highest BCUT2D eigenvalue weighted by molar-refractivity contribution is 6.14. The van der Waals surface area contributed by atoms with Crippen LogP contribution in [0.5, 0.6) is 0 Å². The van der Waals surface area contributed by atoms with Crippen LogP contribution in [0.25, 0.3) is 93.6 Å². The van der Waals surface area contributed by atoms with Crippen LogP contribution in [-0.2, 0) is 0 Å². The van der Waals surface area contributed by atoms with Crippen molar-refractivity contribution in [3.63, 3.8) is 0 Å². The van der Waals surface area contributed by atoms with E-state index in [1.807, 2.05) is 24.3 Å². The van der Waals surface area contributed by atoms with E-state index in [-0.39, 0.29) is 0 Å². The van der Waals surface area contributed by atoms with Crippen molar-refractivity contribution in [2.24, 2.45) is 0 Å². The maximum atomic E-state index is 6.66. The average Bonchev–Trinajstić information content (AvgIpc) is 3.97. The molecule has 4 nitrogen and oxygen atoms in total. The van der Waals surface area contributed by atoms with E-state index >= 15 is 0 Å². The summed E-state index contributed by atoms with van der Waals surface area (Å²) in [6, 6.07) is 73.1. The number of furan rings is 2. The Morgan fingerprint density at radius 2 is 0.776 bits per heavy atom. The first-order valence-corrected chi connectivity index (χ1v) is 19.7. The highest BCUT2D eigenvalue weighted by Crippen LogP contribution is 2.47. The quantitative estimate of drug-likeness (QED) is 0.170. The molecule has 0 N–H and O–H groups in total. The third-order valence-electron chi connectivity index (χ3n) is 11.6. The number of hydrogen-bond acceptors (Lipinski definition) is 3. The van der Waals surface area contributed by atoms with E-state index in [0.29, 0.717) is 0 Å². The Morgan fingerprint density at radius 1 is 0.328 bits per heavy atom. The molecular weight excluding hydrogens is 709 g/mol. The van der Waals surface area contributed by atoms with Crippen molar-refractivity contribution >= 4 is 82.7 Å². The van der Waals surface area contributed by atoms with Gasteiger partial charge in [0.25, 0.3) is 0 Å². The minimum absolute atomic E-state index is 0.827. The fourth-order valence-corrected chi connectivity index (χ4v) is 9.06. The Kier molecular flexibility index (Phi) is 7.20. The summed E-state index contributed by atoms with van der Waals surface area (Å²) in [6.45, 7) is 0. The second kappa shape index (κ2) is 12.9. The third kappa shape index (κ3) is 4.88. The van der Waals surface area contributed by atoms with E-state index in [2.05, 4.69) is 191 Å². The second-order valence-electron chi connectivity index (χ2n) is 14.8. The number of hydrogen-bond donors (Lipinski definition) is 0. The molecule has 58 heavy (non-hydrogen) atoms. The van der Waals surface area contributed by atoms with E-state index in [4.69, 9.17) is 8.83 Å². The summed E-state index contributed by atoms with van der Waals surface area (Å²) in [5.74, 6) is 0. The normalized spacial score (nSPS) is 11.8. The smallest absolute Gasteiger partial charge is 0.159 e. The Bertz CT molecular complexity index is 3360. The molecule has 12 rings (SSSR count). The van der Waals surface area contributed by atoms with E-state index in [1.165, 1.54) is 32.9 Å². The number of nitrogens with zero attached hydrogens (tertiary/aromatic N) is 2. The number of benzene rings is 9. The molecule has 0 saturated heterocycles. The standard InChI is InChI=1S/C54H34N2O2/c1-2-16-38(39-17-3-8-24-46(39)56-47-25-9-4-18-40(47)41-19-5-10-26-48(41)56)37(15-1)35-31-33-36(34-32-35)55(49-27-13-22-44-42-20-6-11-29-51(42)57-53(44)49)50-28-14-23-45-43-21-7-12-30-52(43)58-54(45)50/h1-34H. The van der Waals surface area contributed by atoms with Gasteiger partial charge in [0.05, 0.1) is 28.1 Å². The van der Waals surface area contributed by atoms with E-state index in [1.54, 1.807) is 0 Å². The van der Waals surface area contributed by atoms with Gasteiger partial charge in [-0.3, -0.25) is 0 Å². The van der Waals surface area contributed by atoms with Crippen LogP contribution in [0, 0.1) is 0 Å². The monoisotopic (exact) mass is 742 g/mol. The lowest BCUT2D eigenvalue weighted by Gasteiger charge is -2.26. The van der Waals surface area contributed by atoms with Crippen LogP contribution in [0.1, 0.15) is 0 Å². The molecule has 0 spiro atoms. The van der Waals surface area contributed by atoms with E-state index in [0.717, 1.165) is 77.8 Å². The van der Waals surface area contributed by atoms with Gasteiger partial charge in [0.15, 0.2) is 11.2 Å². The molecule has 3 aromatic heterocycles. The molecule has 272 valence electrons. The molecule has 0 aliphatic carbocycles. The van der Waals surface area contributed by atoms with Gasteiger partial charge in [0.2, 0.25) is 0 Å². The maximum Gasteiger partial charge on any atom is 0.159 e. The Hall–Kier alpha value is -7.82. The number of rotatable bonds is 6. The Labute approximate surface area is 334 Å². The molecular formula is C54H34N2O2. The number of aromatic nitrogens is 1. The van der Waals surface area contributed by atoms with Crippen molar-refractivity contribution < 1.29 is 8.83 Å². The van der Waals surface area contributed by atoms with Gasteiger partial charge in [-0.05, 0) is 71.3 Å². The van der Waals surface area contributed by atoms with Crippen molar-refractivity contribution in [2.45, 2.75) is 0 Å². The zero-order chi connectivity index (χ0) is 38.2. The number of fused-ring (bicyclic) bond motifs is 9. The lowest BCUT2D eigenvalue weighted by molar-refractivity contribution is 0.666. The largest absolute Gasteiger partial charge is 0.454 e. The molecule has 3 heterocycles. The second-order valence-corrected chi connectivity index (χ2v) is 14.8. The van der Waals surface area contributed by atoms with Gasteiger partial charge in [0.1, 0.15) is 11.2 Å². The van der Waals surface area contributed by atoms with Crippen LogP contribution in [0.15, 0.2) is 215 Å². The average molecular weight is 743 g/mol. The van der Waals surface area contributed by atoms with Gasteiger partial charge < -0.3 is 18.3 Å². The van der Waals surface area contributed by atoms with E-state index < -0.39 is 0 Å². The van der Waals surface area contributed by atoms with Gasteiger partial charge in [-0.1, -0.05) is 152 Å². The maximum absolute atomic E-state index is 6.66. The zero-order valence-electron chi connectivity index (χ0n) is 31.3. The highest BCUT2D eigenvalue weighted by Gasteiger charge is 2.24. The molecule has 0 saturated carbocycles. The van der Waals surface area contributed by atoms with Crippen LogP contribution in [-0.4, -0.2) is 4.57 Å². The van der Waals surface area contributed by atoms with Crippen LogP contribution >= 0.6 is 0 Å². The number of para-hydroxylation sites is 7. The SMILES string of the molecule is c1ccc(-c2ccccc2-n2c3ccccc3c3ccccc32)c(-c2ccc(N(c3cccc4c3oc3ccccc34)c3cccc4c3oc3ccccc34)cc2)c1. The van der Waals surface area contributed by atoms with Crippen molar-refractivity contribution in [1.82, 2.24) is 4.57 Å². The third-order valence-corrected chi connectivity index (χ3v) is 11.6. The first kappa shape index (κ1) is 32.4. The first-order chi connectivity index (χ1) is 28.8. The van der Waals surface area contributed by atoms with Gasteiger partial charge in [0, 0.05) is 43.6 Å². The minimum atomic E-state index is 0.827. The summed E-state index contributed by atoms with van der Waals surface area (Å²) in [4.78, 5) is 2.28. The van der Waals surface area contributed by atoms with Crippen LogP contribution in [0.4, 0.5) is 17.1 Å². The fourth-order valence-electron chi connectivity index (χ4n) is 9.06. The molecule has 9 aromatic carbocycles. The molecule has 0 radical (unpaired) electrons. The predicted octanol–water partition coefficient (Wildman–Crippen LogP) is 15.4. The first-order valence-electron chi connectivity index (χ1n) is 19.7. The molecule has 0 bridgehead atoms. The van der Waals surface area contributed by atoms with Gasteiger partial charge in [-0.2, -0.15) is 0 Å². The van der Waals surface area contributed by atoms with Crippen molar-refractivity contribution in [3.8, 4) is 27.9 Å². The van der Waals surface area contributed by atoms with Crippen molar-refractivity contribution in [2.75, 3.05) is 4.90 Å². The molecule has 0 aliphatic rings. The molecule has 0 unspecified atom stereocenters. The summed E-state index contributed by atoms with van der Waals surface area (Å²) < 4.78 is 15.7. The van der Waals surface area contributed by atoms with Gasteiger partial charge >= 0.3 is 0 Å². The topological polar surface area (TPSA) is 34.5 Å². The molecule has 0 aliphatic heterocycles. The molecule has 0 fully saturated rings. The highest BCUT2D eigenvalue weighted by atomic mass is 16.3. The Balaban J connectivity index is 1.03. The molecule has 0 amide bonds. The van der Waals surface area contributed by atoms with Crippen LogP contribution in [0.3, 0.4) is 0 Å². The fraction of sp³-hybridized carbons (Fsp3) is 0. The zero-order valence-corrected chi connectivity index (χ0v) is 31.3. The number of anilines is 3. The van der Waals surface area contributed by atoms with Crippen LogP contribution in [0.2, 0.25) is 0 Å². The minimum Gasteiger partial charge on any atom is -0.454 e. The molecule has 12 aromatic rings.